The maximum Gasteiger partial charge on any atom is 0.119 e. The zero-order valence-corrected chi connectivity index (χ0v) is 17.6. The Labute approximate surface area is 181 Å². The molecule has 0 amide bonds. The van der Waals surface area contributed by atoms with Crippen LogP contribution in [0.1, 0.15) is 35.8 Å². The first kappa shape index (κ1) is 19.6. The van der Waals surface area contributed by atoms with Gasteiger partial charge >= 0.3 is 0 Å². The summed E-state index contributed by atoms with van der Waals surface area (Å²) in [6.07, 6.45) is 2.08. The van der Waals surface area contributed by atoms with Crippen molar-refractivity contribution in [2.24, 2.45) is 5.92 Å². The summed E-state index contributed by atoms with van der Waals surface area (Å²) in [5.74, 6) is 2.08. The first-order valence-electron chi connectivity index (χ1n) is 9.48. The van der Waals surface area contributed by atoms with Crippen molar-refractivity contribution in [2.75, 3.05) is 6.61 Å². The third kappa shape index (κ3) is 4.49. The molecule has 0 spiro atoms. The van der Waals surface area contributed by atoms with Gasteiger partial charge in [0.1, 0.15) is 5.75 Å². The number of benzene rings is 3. The Morgan fingerprint density at radius 2 is 1.43 bits per heavy atom. The Hall–Kier alpha value is -1.67. The van der Waals surface area contributed by atoms with Crippen LogP contribution in [-0.4, -0.2) is 6.61 Å². The van der Waals surface area contributed by atoms with E-state index in [4.69, 9.17) is 39.5 Å². The second kappa shape index (κ2) is 8.78. The van der Waals surface area contributed by atoms with E-state index in [9.17, 15) is 0 Å². The highest BCUT2D eigenvalue weighted by Gasteiger charge is 2.37. The van der Waals surface area contributed by atoms with Crippen LogP contribution in [0.25, 0.3) is 0 Å². The molecule has 1 aliphatic rings. The Balaban J connectivity index is 1.58. The molecule has 0 saturated heterocycles. The highest BCUT2D eigenvalue weighted by atomic mass is 35.5. The highest BCUT2D eigenvalue weighted by molar-refractivity contribution is 6.35. The molecule has 1 nitrogen and oxygen atoms in total. The number of para-hydroxylation sites is 1. The quantitative estimate of drug-likeness (QED) is 0.397. The Morgan fingerprint density at radius 1 is 0.750 bits per heavy atom. The summed E-state index contributed by atoms with van der Waals surface area (Å²) in [7, 11) is 0. The molecule has 0 bridgehead atoms. The third-order valence-corrected chi connectivity index (χ3v) is 6.36. The van der Waals surface area contributed by atoms with Gasteiger partial charge in [-0.25, -0.2) is 0 Å². The van der Waals surface area contributed by atoms with Gasteiger partial charge in [-0.15, -0.1) is 0 Å². The first-order valence-corrected chi connectivity index (χ1v) is 10.6. The number of hydrogen-bond donors (Lipinski definition) is 0. The fraction of sp³-hybridized carbons (Fsp3) is 0.250. The molecule has 1 unspecified atom stereocenters. The topological polar surface area (TPSA) is 9.23 Å². The zero-order chi connectivity index (χ0) is 19.5. The average molecular weight is 432 g/mol. The van der Waals surface area contributed by atoms with Crippen molar-refractivity contribution in [1.29, 1.82) is 0 Å². The molecule has 3 atom stereocenters. The molecular formula is C24H21Cl3O. The molecule has 4 rings (SSSR count). The van der Waals surface area contributed by atoms with Crippen molar-refractivity contribution in [2.45, 2.75) is 24.7 Å². The summed E-state index contributed by atoms with van der Waals surface area (Å²) in [6.45, 7) is 0.704. The fourth-order valence-corrected chi connectivity index (χ4v) is 4.91. The second-order valence-corrected chi connectivity index (χ2v) is 8.67. The Bertz CT molecular complexity index is 924. The standard InChI is InChI=1S/C24H21Cl3O/c25-18-8-6-17(7-9-18)22-12-16(15-28-20-4-2-1-3-5-20)13-23(22)21-11-10-19(26)14-24(21)27/h1-11,14,16,22-23H,12-13,15H2/t16?,22-,23+/m1/s1. The summed E-state index contributed by atoms with van der Waals surface area (Å²) in [4.78, 5) is 0. The van der Waals surface area contributed by atoms with E-state index in [1.807, 2.05) is 54.6 Å². The fourth-order valence-electron chi connectivity index (χ4n) is 4.23. The zero-order valence-electron chi connectivity index (χ0n) is 15.3. The van der Waals surface area contributed by atoms with Gasteiger partial charge in [0.25, 0.3) is 0 Å². The monoisotopic (exact) mass is 430 g/mol. The molecular weight excluding hydrogens is 411 g/mol. The van der Waals surface area contributed by atoms with Crippen LogP contribution in [0.3, 0.4) is 0 Å². The summed E-state index contributed by atoms with van der Waals surface area (Å²) < 4.78 is 6.05. The van der Waals surface area contributed by atoms with E-state index in [1.54, 1.807) is 0 Å². The largest absolute Gasteiger partial charge is 0.493 e. The van der Waals surface area contributed by atoms with Gasteiger partial charge in [0.05, 0.1) is 6.61 Å². The predicted octanol–water partition coefficient (Wildman–Crippen LogP) is 8.00. The van der Waals surface area contributed by atoms with Gasteiger partial charge in [-0.1, -0.05) is 71.2 Å². The Morgan fingerprint density at radius 3 is 2.14 bits per heavy atom. The van der Waals surface area contributed by atoms with Gasteiger partial charge in [0.2, 0.25) is 0 Å². The van der Waals surface area contributed by atoms with Crippen LogP contribution in [-0.2, 0) is 0 Å². The summed E-state index contributed by atoms with van der Waals surface area (Å²) in [5.41, 5.74) is 2.45. The third-order valence-electron chi connectivity index (χ3n) is 5.55. The Kier molecular flexibility index (Phi) is 6.16. The highest BCUT2D eigenvalue weighted by Crippen LogP contribution is 2.50. The van der Waals surface area contributed by atoms with E-state index in [0.29, 0.717) is 29.4 Å². The van der Waals surface area contributed by atoms with Crippen LogP contribution < -0.4 is 4.74 Å². The van der Waals surface area contributed by atoms with Crippen molar-refractivity contribution >= 4 is 34.8 Å². The van der Waals surface area contributed by atoms with E-state index in [1.165, 1.54) is 5.56 Å². The van der Waals surface area contributed by atoms with Crippen molar-refractivity contribution in [3.63, 3.8) is 0 Å². The van der Waals surface area contributed by atoms with Crippen molar-refractivity contribution < 1.29 is 4.74 Å². The lowest BCUT2D eigenvalue weighted by Crippen LogP contribution is -2.08. The molecule has 0 aliphatic heterocycles. The number of ether oxygens (including phenoxy) is 1. The van der Waals surface area contributed by atoms with Crippen LogP contribution in [0.5, 0.6) is 5.75 Å². The molecule has 1 aliphatic carbocycles. The van der Waals surface area contributed by atoms with Gasteiger partial charge in [-0.05, 0) is 78.1 Å². The van der Waals surface area contributed by atoms with Gasteiger partial charge in [0, 0.05) is 15.1 Å². The molecule has 3 aromatic carbocycles. The normalized spacial score (nSPS) is 21.6. The molecule has 0 heterocycles. The molecule has 0 radical (unpaired) electrons. The molecule has 1 saturated carbocycles. The lowest BCUT2D eigenvalue weighted by molar-refractivity contribution is 0.250. The van der Waals surface area contributed by atoms with Crippen LogP contribution in [0.2, 0.25) is 15.1 Å². The predicted molar refractivity (Wildman–Crippen MR) is 118 cm³/mol. The summed E-state index contributed by atoms with van der Waals surface area (Å²) >= 11 is 18.8. The SMILES string of the molecule is Clc1ccc([C@H]2CC(COc3ccccc3)C[C@H]2c2ccc(Cl)cc2Cl)cc1. The smallest absolute Gasteiger partial charge is 0.119 e. The van der Waals surface area contributed by atoms with Gasteiger partial charge < -0.3 is 4.74 Å². The molecule has 28 heavy (non-hydrogen) atoms. The lowest BCUT2D eigenvalue weighted by atomic mass is 9.84. The van der Waals surface area contributed by atoms with E-state index >= 15 is 0 Å². The van der Waals surface area contributed by atoms with Crippen molar-refractivity contribution in [1.82, 2.24) is 0 Å². The maximum absolute atomic E-state index is 6.57. The number of hydrogen-bond acceptors (Lipinski definition) is 1. The van der Waals surface area contributed by atoms with Crippen LogP contribution in [0.4, 0.5) is 0 Å². The average Bonchev–Trinajstić information content (AvgIpc) is 3.12. The van der Waals surface area contributed by atoms with Crippen molar-refractivity contribution in [3.8, 4) is 5.75 Å². The maximum atomic E-state index is 6.57. The van der Waals surface area contributed by atoms with E-state index in [2.05, 4.69) is 18.2 Å². The molecule has 4 heteroatoms. The lowest BCUT2D eigenvalue weighted by Gasteiger charge is -2.21. The van der Waals surface area contributed by atoms with Crippen molar-refractivity contribution in [3.05, 3.63) is 99.0 Å². The van der Waals surface area contributed by atoms with Gasteiger partial charge in [0.15, 0.2) is 0 Å². The minimum Gasteiger partial charge on any atom is -0.493 e. The molecule has 144 valence electrons. The first-order chi connectivity index (χ1) is 13.6. The van der Waals surface area contributed by atoms with E-state index < -0.39 is 0 Å². The molecule has 0 N–H and O–H groups in total. The summed E-state index contributed by atoms with van der Waals surface area (Å²) in [5, 5.41) is 2.16. The minimum absolute atomic E-state index is 0.329. The number of rotatable bonds is 5. The minimum atomic E-state index is 0.329. The number of halogens is 3. The van der Waals surface area contributed by atoms with E-state index in [0.717, 1.165) is 34.2 Å². The van der Waals surface area contributed by atoms with Gasteiger partial charge in [-0.3, -0.25) is 0 Å². The second-order valence-electron chi connectivity index (χ2n) is 7.39. The van der Waals surface area contributed by atoms with E-state index in [-0.39, 0.29) is 0 Å². The molecule has 0 aromatic heterocycles. The van der Waals surface area contributed by atoms with Gasteiger partial charge in [-0.2, -0.15) is 0 Å². The molecule has 3 aromatic rings. The molecule has 1 fully saturated rings. The summed E-state index contributed by atoms with van der Waals surface area (Å²) in [6, 6.07) is 24.0. The van der Waals surface area contributed by atoms with Crippen LogP contribution >= 0.6 is 34.8 Å². The van der Waals surface area contributed by atoms with Crippen LogP contribution in [0, 0.1) is 5.92 Å². The van der Waals surface area contributed by atoms with Crippen LogP contribution in [0.15, 0.2) is 72.8 Å².